The SMILES string of the molecule is O=C(CCCCCCCCCCS)NCCO. The molecule has 2 N–H and O–H groups in total. The molecule has 0 aromatic rings. The van der Waals surface area contributed by atoms with Crippen molar-refractivity contribution in [2.45, 2.75) is 57.8 Å². The molecule has 1 amide bonds. The Balaban J connectivity index is 3.05. The Kier molecular flexibility index (Phi) is 13.7. The van der Waals surface area contributed by atoms with E-state index in [0.29, 0.717) is 13.0 Å². The first-order valence-electron chi connectivity index (χ1n) is 6.79. The van der Waals surface area contributed by atoms with Gasteiger partial charge >= 0.3 is 0 Å². The van der Waals surface area contributed by atoms with Crippen molar-refractivity contribution >= 4 is 18.5 Å². The smallest absolute Gasteiger partial charge is 0.220 e. The van der Waals surface area contributed by atoms with Gasteiger partial charge in [0.15, 0.2) is 0 Å². The highest BCUT2D eigenvalue weighted by Gasteiger charge is 1.99. The average molecular weight is 261 g/mol. The number of aliphatic hydroxyl groups is 1. The summed E-state index contributed by atoms with van der Waals surface area (Å²) >= 11 is 4.18. The Labute approximate surface area is 111 Å². The van der Waals surface area contributed by atoms with Crippen molar-refractivity contribution in [3.63, 3.8) is 0 Å². The highest BCUT2D eigenvalue weighted by Crippen LogP contribution is 2.09. The van der Waals surface area contributed by atoms with Crippen LogP contribution in [0.1, 0.15) is 57.8 Å². The summed E-state index contributed by atoms with van der Waals surface area (Å²) in [5, 5.41) is 11.2. The van der Waals surface area contributed by atoms with E-state index >= 15 is 0 Å². The zero-order chi connectivity index (χ0) is 12.8. The Morgan fingerprint density at radius 3 is 2.00 bits per heavy atom. The number of unbranched alkanes of at least 4 members (excludes halogenated alkanes) is 7. The van der Waals surface area contributed by atoms with Gasteiger partial charge in [0.2, 0.25) is 5.91 Å². The molecule has 0 aliphatic carbocycles. The van der Waals surface area contributed by atoms with Gasteiger partial charge in [-0.1, -0.05) is 38.5 Å². The van der Waals surface area contributed by atoms with Gasteiger partial charge in [-0.3, -0.25) is 4.79 Å². The van der Waals surface area contributed by atoms with Gasteiger partial charge < -0.3 is 10.4 Å². The zero-order valence-corrected chi connectivity index (χ0v) is 11.7. The number of carbonyl (C=O) groups is 1. The van der Waals surface area contributed by atoms with Crippen LogP contribution in [-0.2, 0) is 4.79 Å². The molecule has 0 bridgehead atoms. The largest absolute Gasteiger partial charge is 0.395 e. The summed E-state index contributed by atoms with van der Waals surface area (Å²) < 4.78 is 0. The van der Waals surface area contributed by atoms with Crippen LogP contribution in [0.5, 0.6) is 0 Å². The number of nitrogens with one attached hydrogen (secondary N) is 1. The van der Waals surface area contributed by atoms with E-state index in [1.54, 1.807) is 0 Å². The number of thiol groups is 1. The van der Waals surface area contributed by atoms with E-state index in [9.17, 15) is 4.79 Å². The van der Waals surface area contributed by atoms with Gasteiger partial charge in [-0.05, 0) is 18.6 Å². The molecule has 17 heavy (non-hydrogen) atoms. The summed E-state index contributed by atoms with van der Waals surface area (Å²) in [5.74, 6) is 1.07. The molecule has 0 atom stereocenters. The lowest BCUT2D eigenvalue weighted by molar-refractivity contribution is -0.121. The Hall–Kier alpha value is -0.220. The second-order valence-corrected chi connectivity index (χ2v) is 4.82. The molecule has 0 saturated heterocycles. The summed E-state index contributed by atoms with van der Waals surface area (Å²) in [6.45, 7) is 0.405. The first kappa shape index (κ1) is 16.8. The predicted molar refractivity (Wildman–Crippen MR) is 75.5 cm³/mol. The number of carbonyl (C=O) groups excluding carboxylic acids is 1. The van der Waals surface area contributed by atoms with Crippen LogP contribution in [-0.4, -0.2) is 29.9 Å². The van der Waals surface area contributed by atoms with E-state index in [-0.39, 0.29) is 12.5 Å². The van der Waals surface area contributed by atoms with Gasteiger partial charge in [-0.15, -0.1) is 0 Å². The molecule has 0 heterocycles. The molecule has 0 aromatic heterocycles. The van der Waals surface area contributed by atoms with Gasteiger partial charge in [-0.25, -0.2) is 0 Å². The van der Waals surface area contributed by atoms with Crippen molar-refractivity contribution in [3.8, 4) is 0 Å². The summed E-state index contributed by atoms with van der Waals surface area (Å²) in [7, 11) is 0. The normalized spacial score (nSPS) is 10.5. The van der Waals surface area contributed by atoms with Gasteiger partial charge in [-0.2, -0.15) is 12.6 Å². The molecule has 0 spiro atoms. The summed E-state index contributed by atoms with van der Waals surface area (Å²) in [6.07, 6.45) is 10.4. The standard InChI is InChI=1S/C13H27NO2S/c15-11-10-14-13(16)9-7-5-3-1-2-4-6-8-12-17/h15,17H,1-12H2,(H,14,16). The zero-order valence-electron chi connectivity index (χ0n) is 10.8. The van der Waals surface area contributed by atoms with E-state index in [4.69, 9.17) is 5.11 Å². The number of hydrogen-bond donors (Lipinski definition) is 3. The molecule has 0 rings (SSSR count). The van der Waals surface area contributed by atoms with E-state index in [1.165, 1.54) is 38.5 Å². The van der Waals surface area contributed by atoms with Gasteiger partial charge in [0.05, 0.1) is 6.61 Å². The molecule has 0 aliphatic heterocycles. The fraction of sp³-hybridized carbons (Fsp3) is 0.923. The molecule has 4 heteroatoms. The van der Waals surface area contributed by atoms with Gasteiger partial charge in [0.25, 0.3) is 0 Å². The quantitative estimate of drug-likeness (QED) is 0.373. The van der Waals surface area contributed by atoms with Gasteiger partial charge in [0, 0.05) is 13.0 Å². The van der Waals surface area contributed by atoms with Crippen molar-refractivity contribution in [1.29, 1.82) is 0 Å². The third-order valence-electron chi connectivity index (χ3n) is 2.75. The molecule has 0 fully saturated rings. The molecule has 3 nitrogen and oxygen atoms in total. The topological polar surface area (TPSA) is 49.3 Å². The molecule has 0 saturated carbocycles. The van der Waals surface area contributed by atoms with Crippen LogP contribution in [0.4, 0.5) is 0 Å². The van der Waals surface area contributed by atoms with Crippen molar-refractivity contribution in [2.24, 2.45) is 0 Å². The summed E-state index contributed by atoms with van der Waals surface area (Å²) in [4.78, 5) is 11.2. The maximum absolute atomic E-state index is 11.2. The summed E-state index contributed by atoms with van der Waals surface area (Å²) in [6, 6.07) is 0. The molecule has 0 unspecified atom stereocenters. The third-order valence-corrected chi connectivity index (χ3v) is 3.06. The van der Waals surface area contributed by atoms with Crippen molar-refractivity contribution in [2.75, 3.05) is 18.9 Å². The first-order valence-corrected chi connectivity index (χ1v) is 7.43. The lowest BCUT2D eigenvalue weighted by Gasteiger charge is -2.03. The minimum atomic E-state index is 0.0258. The maximum Gasteiger partial charge on any atom is 0.220 e. The van der Waals surface area contributed by atoms with Crippen LogP contribution in [0.2, 0.25) is 0 Å². The van der Waals surface area contributed by atoms with E-state index in [1.807, 2.05) is 0 Å². The first-order chi connectivity index (χ1) is 8.31. The predicted octanol–water partition coefficient (Wildman–Crippen LogP) is 2.54. The Morgan fingerprint density at radius 2 is 1.47 bits per heavy atom. The molecule has 0 aromatic carbocycles. The number of rotatable bonds is 12. The van der Waals surface area contributed by atoms with Gasteiger partial charge in [0.1, 0.15) is 0 Å². The third kappa shape index (κ3) is 13.7. The van der Waals surface area contributed by atoms with E-state index in [0.717, 1.165) is 18.6 Å². The van der Waals surface area contributed by atoms with Crippen molar-refractivity contribution < 1.29 is 9.90 Å². The van der Waals surface area contributed by atoms with Crippen molar-refractivity contribution in [3.05, 3.63) is 0 Å². The lowest BCUT2D eigenvalue weighted by Crippen LogP contribution is -2.25. The average Bonchev–Trinajstić information content (AvgIpc) is 2.34. The molecule has 0 radical (unpaired) electrons. The Morgan fingerprint density at radius 1 is 0.941 bits per heavy atom. The van der Waals surface area contributed by atoms with Crippen LogP contribution in [0.3, 0.4) is 0 Å². The van der Waals surface area contributed by atoms with Crippen molar-refractivity contribution in [1.82, 2.24) is 5.32 Å². The molecular formula is C13H27NO2S. The number of aliphatic hydroxyl groups excluding tert-OH is 1. The second kappa shape index (κ2) is 13.8. The summed E-state index contributed by atoms with van der Waals surface area (Å²) in [5.41, 5.74) is 0. The van der Waals surface area contributed by atoms with Crippen LogP contribution >= 0.6 is 12.6 Å². The van der Waals surface area contributed by atoms with E-state index < -0.39 is 0 Å². The van der Waals surface area contributed by atoms with Crippen LogP contribution < -0.4 is 5.32 Å². The van der Waals surface area contributed by atoms with Crippen LogP contribution in [0.25, 0.3) is 0 Å². The molecule has 0 aliphatic rings. The molecule has 102 valence electrons. The second-order valence-electron chi connectivity index (χ2n) is 4.38. The highest BCUT2D eigenvalue weighted by atomic mass is 32.1. The minimum absolute atomic E-state index is 0.0258. The number of amides is 1. The van der Waals surface area contributed by atoms with Crippen LogP contribution in [0.15, 0.2) is 0 Å². The highest BCUT2D eigenvalue weighted by molar-refractivity contribution is 7.80. The fourth-order valence-electron chi connectivity index (χ4n) is 1.74. The monoisotopic (exact) mass is 261 g/mol. The lowest BCUT2D eigenvalue weighted by atomic mass is 10.1. The fourth-order valence-corrected chi connectivity index (χ4v) is 1.97. The minimum Gasteiger partial charge on any atom is -0.395 e. The van der Waals surface area contributed by atoms with Crippen LogP contribution in [0, 0.1) is 0 Å². The molecular weight excluding hydrogens is 234 g/mol. The Bertz CT molecular complexity index is 177. The number of hydrogen-bond acceptors (Lipinski definition) is 3. The maximum atomic E-state index is 11.2. The van der Waals surface area contributed by atoms with E-state index in [2.05, 4.69) is 17.9 Å².